The number of rotatable bonds is 4. The molecule has 1 N–H and O–H groups in total. The van der Waals surface area contributed by atoms with Crippen molar-refractivity contribution in [2.24, 2.45) is 0 Å². The van der Waals surface area contributed by atoms with Crippen molar-refractivity contribution >= 4 is 29.0 Å². The Morgan fingerprint density at radius 2 is 2.50 bits per heavy atom. The van der Waals surface area contributed by atoms with Gasteiger partial charge in [0.2, 0.25) is 0 Å². The Balaban J connectivity index is 2.15. The van der Waals surface area contributed by atoms with Crippen LogP contribution in [0.15, 0.2) is 17.5 Å². The average Bonchev–Trinajstić information content (AvgIpc) is 2.41. The lowest BCUT2D eigenvalue weighted by molar-refractivity contribution is 1.000. The Morgan fingerprint density at radius 1 is 1.60 bits per heavy atom. The van der Waals surface area contributed by atoms with Gasteiger partial charge in [0.25, 0.3) is 0 Å². The van der Waals surface area contributed by atoms with Gasteiger partial charge in [-0.05, 0) is 29.7 Å². The van der Waals surface area contributed by atoms with Crippen molar-refractivity contribution in [3.05, 3.63) is 17.5 Å². The molecule has 0 saturated carbocycles. The minimum absolute atomic E-state index is 0.957. The second-order valence-corrected chi connectivity index (χ2v) is 3.38. The summed E-state index contributed by atoms with van der Waals surface area (Å²) in [4.78, 5) is 0. The van der Waals surface area contributed by atoms with Crippen molar-refractivity contribution in [3.8, 4) is 0 Å². The minimum Gasteiger partial charge on any atom is -0.377 e. The maximum absolute atomic E-state index is 4.12. The average molecular weight is 173 g/mol. The van der Waals surface area contributed by atoms with Gasteiger partial charge in [0, 0.05) is 6.54 Å². The van der Waals surface area contributed by atoms with Gasteiger partial charge in [0.05, 0.1) is 5.00 Å². The number of thiol groups is 1. The predicted octanol–water partition coefficient (Wildman–Crippen LogP) is 2.48. The monoisotopic (exact) mass is 173 g/mol. The summed E-state index contributed by atoms with van der Waals surface area (Å²) in [5, 5.41) is 6.62. The van der Waals surface area contributed by atoms with Gasteiger partial charge in [-0.15, -0.1) is 11.3 Å². The fourth-order valence-electron chi connectivity index (χ4n) is 0.670. The van der Waals surface area contributed by atoms with Crippen LogP contribution in [0.2, 0.25) is 0 Å². The van der Waals surface area contributed by atoms with Gasteiger partial charge < -0.3 is 5.32 Å². The Hall–Kier alpha value is -0.150. The molecule has 0 aliphatic rings. The summed E-state index contributed by atoms with van der Waals surface area (Å²) in [6.45, 7) is 1.03. The summed E-state index contributed by atoms with van der Waals surface area (Å²) in [7, 11) is 0. The Bertz CT molecular complexity index is 160. The first-order chi connectivity index (χ1) is 4.93. The molecule has 0 aliphatic heterocycles. The quantitative estimate of drug-likeness (QED) is 0.526. The molecule has 56 valence electrons. The molecule has 0 fully saturated rings. The Morgan fingerprint density at radius 3 is 3.10 bits per heavy atom. The molecule has 10 heavy (non-hydrogen) atoms. The van der Waals surface area contributed by atoms with E-state index >= 15 is 0 Å². The van der Waals surface area contributed by atoms with E-state index in [0.717, 1.165) is 18.7 Å². The van der Waals surface area contributed by atoms with E-state index in [1.54, 1.807) is 11.3 Å². The molecular formula is C7H11NS2. The summed E-state index contributed by atoms with van der Waals surface area (Å²) < 4.78 is 0. The molecule has 3 heteroatoms. The lowest BCUT2D eigenvalue weighted by Crippen LogP contribution is -1.99. The molecule has 0 aliphatic carbocycles. The highest BCUT2D eigenvalue weighted by atomic mass is 32.1. The molecule has 0 bridgehead atoms. The van der Waals surface area contributed by atoms with Crippen molar-refractivity contribution in [1.29, 1.82) is 0 Å². The fraction of sp³-hybridized carbons (Fsp3) is 0.429. The van der Waals surface area contributed by atoms with E-state index in [-0.39, 0.29) is 0 Å². The molecule has 1 heterocycles. The number of thiophene rings is 1. The third kappa shape index (κ3) is 2.62. The van der Waals surface area contributed by atoms with Crippen LogP contribution in [0.25, 0.3) is 0 Å². The van der Waals surface area contributed by atoms with Gasteiger partial charge in [0.1, 0.15) is 0 Å². The van der Waals surface area contributed by atoms with E-state index in [9.17, 15) is 0 Å². The third-order valence-electron chi connectivity index (χ3n) is 1.16. The van der Waals surface area contributed by atoms with Crippen LogP contribution in [0.1, 0.15) is 6.42 Å². The van der Waals surface area contributed by atoms with Gasteiger partial charge in [-0.25, -0.2) is 0 Å². The lowest BCUT2D eigenvalue weighted by Gasteiger charge is -1.99. The van der Waals surface area contributed by atoms with Gasteiger partial charge in [-0.3, -0.25) is 0 Å². The standard InChI is InChI=1S/C7H11NS2/c9-5-2-4-8-7-3-1-6-10-7/h1,3,6,8-9H,2,4-5H2. The molecule has 1 aromatic rings. The first-order valence-electron chi connectivity index (χ1n) is 3.31. The van der Waals surface area contributed by atoms with Gasteiger partial charge in [0.15, 0.2) is 0 Å². The number of nitrogens with one attached hydrogen (secondary N) is 1. The highest BCUT2D eigenvalue weighted by Crippen LogP contribution is 2.14. The van der Waals surface area contributed by atoms with Crippen LogP contribution >= 0.6 is 24.0 Å². The normalized spacial score (nSPS) is 9.70. The molecule has 0 aromatic carbocycles. The molecule has 0 atom stereocenters. The lowest BCUT2D eigenvalue weighted by atomic mass is 10.5. The van der Waals surface area contributed by atoms with Crippen LogP contribution in [0.5, 0.6) is 0 Å². The SMILES string of the molecule is SCCCNc1cccs1. The second kappa shape index (κ2) is 4.63. The Labute approximate surface area is 70.9 Å². The molecule has 0 spiro atoms. The van der Waals surface area contributed by atoms with Gasteiger partial charge in [-0.1, -0.05) is 0 Å². The predicted molar refractivity (Wildman–Crippen MR) is 51.3 cm³/mol. The van der Waals surface area contributed by atoms with Crippen molar-refractivity contribution < 1.29 is 0 Å². The van der Waals surface area contributed by atoms with Crippen molar-refractivity contribution in [2.45, 2.75) is 6.42 Å². The molecule has 0 unspecified atom stereocenters. The van der Waals surface area contributed by atoms with E-state index in [2.05, 4.69) is 29.4 Å². The zero-order chi connectivity index (χ0) is 7.23. The Kier molecular flexibility index (Phi) is 3.68. The second-order valence-electron chi connectivity index (χ2n) is 1.98. The molecule has 0 amide bonds. The van der Waals surface area contributed by atoms with Crippen LogP contribution in [0, 0.1) is 0 Å². The zero-order valence-electron chi connectivity index (χ0n) is 5.71. The summed E-state index contributed by atoms with van der Waals surface area (Å²) in [6, 6.07) is 4.14. The molecule has 0 saturated heterocycles. The van der Waals surface area contributed by atoms with Crippen molar-refractivity contribution in [3.63, 3.8) is 0 Å². The summed E-state index contributed by atoms with van der Waals surface area (Å²) >= 11 is 5.85. The van der Waals surface area contributed by atoms with Gasteiger partial charge >= 0.3 is 0 Å². The van der Waals surface area contributed by atoms with Crippen LogP contribution < -0.4 is 5.32 Å². The number of anilines is 1. The maximum Gasteiger partial charge on any atom is 0.0882 e. The van der Waals surface area contributed by atoms with E-state index in [1.165, 1.54) is 5.00 Å². The first kappa shape index (κ1) is 7.95. The smallest absolute Gasteiger partial charge is 0.0882 e. The minimum atomic E-state index is 0.957. The fourth-order valence-corrected chi connectivity index (χ4v) is 1.47. The van der Waals surface area contributed by atoms with E-state index in [1.807, 2.05) is 6.07 Å². The summed E-state index contributed by atoms with van der Waals surface area (Å²) in [5.41, 5.74) is 0. The van der Waals surface area contributed by atoms with Crippen LogP contribution in [-0.4, -0.2) is 12.3 Å². The van der Waals surface area contributed by atoms with Gasteiger partial charge in [-0.2, -0.15) is 12.6 Å². The topological polar surface area (TPSA) is 12.0 Å². The molecule has 0 radical (unpaired) electrons. The molecule has 1 rings (SSSR count). The highest BCUT2D eigenvalue weighted by molar-refractivity contribution is 7.80. The number of hydrogen-bond acceptors (Lipinski definition) is 3. The summed E-state index contributed by atoms with van der Waals surface area (Å²) in [5.74, 6) is 0.957. The first-order valence-corrected chi connectivity index (χ1v) is 4.83. The molecular weight excluding hydrogens is 162 g/mol. The van der Waals surface area contributed by atoms with Crippen LogP contribution in [-0.2, 0) is 0 Å². The van der Waals surface area contributed by atoms with Crippen LogP contribution in [0.4, 0.5) is 5.00 Å². The van der Waals surface area contributed by atoms with Crippen molar-refractivity contribution in [1.82, 2.24) is 0 Å². The molecule has 1 aromatic heterocycles. The largest absolute Gasteiger partial charge is 0.377 e. The highest BCUT2D eigenvalue weighted by Gasteiger charge is 1.88. The number of hydrogen-bond donors (Lipinski definition) is 2. The van der Waals surface area contributed by atoms with E-state index in [0.29, 0.717) is 0 Å². The molecule has 1 nitrogen and oxygen atoms in total. The maximum atomic E-state index is 4.12. The third-order valence-corrected chi connectivity index (χ3v) is 2.30. The van der Waals surface area contributed by atoms with E-state index < -0.39 is 0 Å². The van der Waals surface area contributed by atoms with Crippen LogP contribution in [0.3, 0.4) is 0 Å². The zero-order valence-corrected chi connectivity index (χ0v) is 7.42. The van der Waals surface area contributed by atoms with E-state index in [4.69, 9.17) is 0 Å². The summed E-state index contributed by atoms with van der Waals surface area (Å²) in [6.07, 6.45) is 1.13. The van der Waals surface area contributed by atoms with Crippen molar-refractivity contribution in [2.75, 3.05) is 17.6 Å².